The minimum absolute atomic E-state index is 0.213. The van der Waals surface area contributed by atoms with Crippen LogP contribution in [0.25, 0.3) is 11.0 Å². The first-order chi connectivity index (χ1) is 9.16. The van der Waals surface area contributed by atoms with E-state index in [2.05, 4.69) is 31.2 Å². The molecule has 1 N–H and O–H groups in total. The number of rotatable bonds is 6. The molecule has 19 heavy (non-hydrogen) atoms. The molecule has 0 saturated carbocycles. The van der Waals surface area contributed by atoms with Gasteiger partial charge in [-0.05, 0) is 28.1 Å². The minimum atomic E-state index is -2.43. The first-order valence-corrected chi connectivity index (χ1v) is 6.46. The van der Waals surface area contributed by atoms with Crippen LogP contribution in [0, 0.1) is 0 Å². The highest BCUT2D eigenvalue weighted by atomic mass is 79.9. The summed E-state index contributed by atoms with van der Waals surface area (Å²) >= 11 is 3.33. The van der Waals surface area contributed by atoms with Gasteiger partial charge >= 0.3 is 0 Å². The summed E-state index contributed by atoms with van der Waals surface area (Å²) < 4.78 is 29.4. The molecule has 0 aromatic carbocycles. The Balaban J connectivity index is 1.97. The normalized spacial score (nSPS) is 11.2. The smallest absolute Gasteiger partial charge is 0.261 e. The Kier molecular flexibility index (Phi) is 4.98. The first kappa shape index (κ1) is 14.1. The van der Waals surface area contributed by atoms with Crippen molar-refractivity contribution >= 4 is 32.7 Å². The van der Waals surface area contributed by atoms with Gasteiger partial charge in [0.1, 0.15) is 12.1 Å². The third kappa shape index (κ3) is 4.07. The molecule has 102 valence electrons. The van der Waals surface area contributed by atoms with E-state index in [1.807, 2.05) is 6.07 Å². The van der Waals surface area contributed by atoms with Gasteiger partial charge in [0, 0.05) is 23.4 Å². The van der Waals surface area contributed by atoms with Crippen LogP contribution >= 0.6 is 15.9 Å². The fraction of sp³-hybridized carbons (Fsp3) is 0.333. The van der Waals surface area contributed by atoms with Crippen LogP contribution in [0.5, 0.6) is 0 Å². The van der Waals surface area contributed by atoms with Gasteiger partial charge in [0.15, 0.2) is 0 Å². The van der Waals surface area contributed by atoms with Gasteiger partial charge in [-0.2, -0.15) is 0 Å². The van der Waals surface area contributed by atoms with Gasteiger partial charge in [0.05, 0.1) is 17.8 Å². The Morgan fingerprint density at radius 2 is 2.21 bits per heavy atom. The van der Waals surface area contributed by atoms with E-state index in [0.29, 0.717) is 6.54 Å². The van der Waals surface area contributed by atoms with Crippen LogP contribution in [0.1, 0.15) is 0 Å². The predicted molar refractivity (Wildman–Crippen MR) is 72.6 cm³/mol. The maximum Gasteiger partial charge on any atom is 0.261 e. The Labute approximate surface area is 117 Å². The van der Waals surface area contributed by atoms with Crippen molar-refractivity contribution in [1.29, 1.82) is 0 Å². The average Bonchev–Trinajstić information content (AvgIpc) is 2.37. The number of hydrogen-bond acceptors (Lipinski definition) is 4. The highest BCUT2D eigenvalue weighted by molar-refractivity contribution is 9.10. The third-order valence-corrected chi connectivity index (χ3v) is 2.78. The van der Waals surface area contributed by atoms with Gasteiger partial charge in [-0.1, -0.05) is 0 Å². The molecule has 0 radical (unpaired) electrons. The molecule has 0 amide bonds. The maximum atomic E-state index is 11.9. The van der Waals surface area contributed by atoms with E-state index in [0.717, 1.165) is 21.2 Å². The van der Waals surface area contributed by atoms with Crippen molar-refractivity contribution in [2.45, 2.75) is 6.43 Å². The van der Waals surface area contributed by atoms with E-state index < -0.39 is 13.0 Å². The summed E-state index contributed by atoms with van der Waals surface area (Å²) in [4.78, 5) is 8.48. The zero-order valence-electron chi connectivity index (χ0n) is 9.94. The van der Waals surface area contributed by atoms with Crippen LogP contribution in [-0.4, -0.2) is 36.2 Å². The van der Waals surface area contributed by atoms with Crippen molar-refractivity contribution in [3.05, 3.63) is 29.0 Å². The second-order valence-electron chi connectivity index (χ2n) is 3.77. The maximum absolute atomic E-state index is 11.9. The molecule has 2 rings (SSSR count). The Morgan fingerprint density at radius 3 is 3.00 bits per heavy atom. The van der Waals surface area contributed by atoms with E-state index in [4.69, 9.17) is 4.74 Å². The van der Waals surface area contributed by atoms with Gasteiger partial charge in [-0.15, -0.1) is 0 Å². The molecule has 0 atom stereocenters. The van der Waals surface area contributed by atoms with Crippen molar-refractivity contribution in [2.75, 3.05) is 25.1 Å². The molecular weight excluding hydrogens is 320 g/mol. The number of alkyl halides is 2. The number of anilines is 1. The molecule has 0 aliphatic rings. The van der Waals surface area contributed by atoms with E-state index in [1.165, 1.54) is 0 Å². The molecule has 0 bridgehead atoms. The van der Waals surface area contributed by atoms with E-state index in [9.17, 15) is 8.78 Å². The summed E-state index contributed by atoms with van der Waals surface area (Å²) in [5.74, 6) is 0. The standard InChI is InChI=1S/C12H12BrF2N3O/c13-8-5-10-12(18-6-8)9(1-2-16-10)17-3-4-19-7-11(14)15/h1-2,5-6,11H,3-4,7H2,(H,16,17). The molecule has 0 spiro atoms. The lowest BCUT2D eigenvalue weighted by molar-refractivity contribution is 0.0215. The number of pyridine rings is 2. The van der Waals surface area contributed by atoms with Gasteiger partial charge in [0.25, 0.3) is 6.43 Å². The fourth-order valence-electron chi connectivity index (χ4n) is 1.58. The number of halogens is 3. The zero-order chi connectivity index (χ0) is 13.7. The SMILES string of the molecule is FC(F)COCCNc1ccnc2cc(Br)cnc12. The van der Waals surface area contributed by atoms with Crippen molar-refractivity contribution in [2.24, 2.45) is 0 Å². The number of ether oxygens (including phenoxy) is 1. The lowest BCUT2D eigenvalue weighted by Gasteiger charge is -2.09. The Morgan fingerprint density at radius 1 is 1.37 bits per heavy atom. The zero-order valence-corrected chi connectivity index (χ0v) is 11.5. The molecular formula is C12H12BrF2N3O. The Bertz CT molecular complexity index is 553. The molecule has 7 heteroatoms. The predicted octanol–water partition coefficient (Wildman–Crippen LogP) is 3.09. The fourth-order valence-corrected chi connectivity index (χ4v) is 1.90. The molecule has 4 nitrogen and oxygen atoms in total. The van der Waals surface area contributed by atoms with Crippen molar-refractivity contribution in [1.82, 2.24) is 9.97 Å². The molecule has 2 aromatic rings. The largest absolute Gasteiger partial charge is 0.381 e. The second-order valence-corrected chi connectivity index (χ2v) is 4.69. The van der Waals surface area contributed by atoms with Crippen molar-refractivity contribution in [3.8, 4) is 0 Å². The first-order valence-electron chi connectivity index (χ1n) is 5.67. The summed E-state index contributed by atoms with van der Waals surface area (Å²) in [5, 5.41) is 3.09. The van der Waals surface area contributed by atoms with E-state index >= 15 is 0 Å². The molecule has 2 heterocycles. The summed E-state index contributed by atoms with van der Waals surface area (Å²) in [6.07, 6.45) is 0.919. The second kappa shape index (κ2) is 6.72. The number of aromatic nitrogens is 2. The van der Waals surface area contributed by atoms with Gasteiger partial charge in [0.2, 0.25) is 0 Å². The van der Waals surface area contributed by atoms with E-state index in [-0.39, 0.29) is 6.61 Å². The van der Waals surface area contributed by atoms with Gasteiger partial charge < -0.3 is 10.1 Å². The molecule has 2 aromatic heterocycles. The topological polar surface area (TPSA) is 47.0 Å². The molecule has 0 aliphatic heterocycles. The van der Waals surface area contributed by atoms with Crippen LogP contribution in [0.15, 0.2) is 29.0 Å². The minimum Gasteiger partial charge on any atom is -0.381 e. The van der Waals surface area contributed by atoms with Crippen LogP contribution in [0.2, 0.25) is 0 Å². The quantitative estimate of drug-likeness (QED) is 0.826. The molecule has 0 aliphatic carbocycles. The van der Waals surface area contributed by atoms with Crippen molar-refractivity contribution < 1.29 is 13.5 Å². The number of fused-ring (bicyclic) bond motifs is 1. The van der Waals surface area contributed by atoms with Crippen LogP contribution in [0.4, 0.5) is 14.5 Å². The van der Waals surface area contributed by atoms with Gasteiger partial charge in [-0.3, -0.25) is 9.97 Å². The molecule has 0 saturated heterocycles. The highest BCUT2D eigenvalue weighted by Crippen LogP contribution is 2.21. The average molecular weight is 332 g/mol. The number of nitrogens with one attached hydrogen (secondary N) is 1. The van der Waals surface area contributed by atoms with Crippen LogP contribution < -0.4 is 5.32 Å². The number of hydrogen-bond donors (Lipinski definition) is 1. The van der Waals surface area contributed by atoms with Gasteiger partial charge in [-0.25, -0.2) is 8.78 Å². The summed E-state index contributed by atoms with van der Waals surface area (Å²) in [6.45, 7) is 0.109. The summed E-state index contributed by atoms with van der Waals surface area (Å²) in [6, 6.07) is 3.65. The molecule has 0 fully saturated rings. The molecule has 0 unspecified atom stereocenters. The van der Waals surface area contributed by atoms with Crippen LogP contribution in [0.3, 0.4) is 0 Å². The summed E-state index contributed by atoms with van der Waals surface area (Å²) in [7, 11) is 0. The van der Waals surface area contributed by atoms with E-state index in [1.54, 1.807) is 18.5 Å². The Hall–Kier alpha value is -1.34. The van der Waals surface area contributed by atoms with Crippen LogP contribution in [-0.2, 0) is 4.74 Å². The number of nitrogens with zero attached hydrogens (tertiary/aromatic N) is 2. The summed E-state index contributed by atoms with van der Waals surface area (Å²) in [5.41, 5.74) is 2.30. The van der Waals surface area contributed by atoms with Crippen molar-refractivity contribution in [3.63, 3.8) is 0 Å². The lowest BCUT2D eigenvalue weighted by atomic mass is 10.3. The highest BCUT2D eigenvalue weighted by Gasteiger charge is 2.04. The third-order valence-electron chi connectivity index (χ3n) is 2.35. The monoisotopic (exact) mass is 331 g/mol. The lowest BCUT2D eigenvalue weighted by Crippen LogP contribution is -2.13.